The van der Waals surface area contributed by atoms with Crippen molar-refractivity contribution in [2.45, 2.75) is 61.8 Å². The lowest BCUT2D eigenvalue weighted by atomic mass is 10.2. The van der Waals surface area contributed by atoms with Gasteiger partial charge in [-0.25, -0.2) is 0 Å². The standard InChI is InChI=1S/C5H12.C3H9N.2C2H6/c1-4-5(2)3;1-3-4-2;2*1-2/h5H,4H2,1-3H3;4H,3H2,1-2H3;2*1-2H3. The molecule has 0 fully saturated rings. The Morgan fingerprint density at radius 3 is 1.08 bits per heavy atom. The molecule has 0 bridgehead atoms. The molecule has 0 spiro atoms. The molecule has 0 aromatic rings. The Morgan fingerprint density at radius 1 is 0.923 bits per heavy atom. The van der Waals surface area contributed by atoms with Crippen LogP contribution in [0.5, 0.6) is 0 Å². The van der Waals surface area contributed by atoms with E-state index >= 15 is 0 Å². The van der Waals surface area contributed by atoms with Crippen molar-refractivity contribution in [3.8, 4) is 0 Å². The van der Waals surface area contributed by atoms with Gasteiger partial charge in [-0.15, -0.1) is 0 Å². The topological polar surface area (TPSA) is 12.0 Å². The van der Waals surface area contributed by atoms with Gasteiger partial charge >= 0.3 is 0 Å². The zero-order valence-electron chi connectivity index (χ0n) is 11.5. The van der Waals surface area contributed by atoms with Crippen LogP contribution in [-0.4, -0.2) is 13.6 Å². The molecule has 1 N–H and O–H groups in total. The Hall–Kier alpha value is -0.0400. The molecule has 0 aromatic heterocycles. The third-order valence-electron chi connectivity index (χ3n) is 1.17. The fourth-order valence-corrected chi connectivity index (χ4v) is 0. The highest BCUT2D eigenvalue weighted by atomic mass is 14.8. The van der Waals surface area contributed by atoms with Crippen LogP contribution < -0.4 is 5.32 Å². The first-order valence-electron chi connectivity index (χ1n) is 5.83. The zero-order chi connectivity index (χ0) is 11.7. The number of hydrogen-bond acceptors (Lipinski definition) is 1. The summed E-state index contributed by atoms with van der Waals surface area (Å²) in [5.74, 6) is 0.884. The van der Waals surface area contributed by atoms with E-state index in [1.54, 1.807) is 0 Å². The smallest absolute Gasteiger partial charge is 0.00804 e. The summed E-state index contributed by atoms with van der Waals surface area (Å²) >= 11 is 0. The van der Waals surface area contributed by atoms with Gasteiger partial charge in [0.15, 0.2) is 0 Å². The lowest BCUT2D eigenvalue weighted by molar-refractivity contribution is 0.626. The highest BCUT2D eigenvalue weighted by molar-refractivity contribution is 4.32. The maximum absolute atomic E-state index is 2.93. The summed E-state index contributed by atoms with van der Waals surface area (Å²) in [5.41, 5.74) is 0. The first-order chi connectivity index (χ1) is 6.18. The number of hydrogen-bond donors (Lipinski definition) is 1. The third kappa shape index (κ3) is 135. The van der Waals surface area contributed by atoms with Gasteiger partial charge < -0.3 is 5.32 Å². The van der Waals surface area contributed by atoms with Gasteiger partial charge in [0.1, 0.15) is 0 Å². The van der Waals surface area contributed by atoms with E-state index < -0.39 is 0 Å². The number of rotatable bonds is 2. The van der Waals surface area contributed by atoms with Crippen LogP contribution in [0.3, 0.4) is 0 Å². The highest BCUT2D eigenvalue weighted by Crippen LogP contribution is 1.93. The van der Waals surface area contributed by atoms with Gasteiger partial charge in [-0.2, -0.15) is 0 Å². The summed E-state index contributed by atoms with van der Waals surface area (Å²) in [7, 11) is 1.93. The van der Waals surface area contributed by atoms with Crippen molar-refractivity contribution in [1.82, 2.24) is 5.32 Å². The summed E-state index contributed by atoms with van der Waals surface area (Å²) in [6, 6.07) is 0. The largest absolute Gasteiger partial charge is 0.320 e. The summed E-state index contributed by atoms with van der Waals surface area (Å²) < 4.78 is 0. The molecule has 0 unspecified atom stereocenters. The third-order valence-corrected chi connectivity index (χ3v) is 1.17. The Morgan fingerprint density at radius 2 is 1.08 bits per heavy atom. The minimum Gasteiger partial charge on any atom is -0.320 e. The average molecular weight is 191 g/mol. The van der Waals surface area contributed by atoms with Crippen molar-refractivity contribution in [2.75, 3.05) is 13.6 Å². The molecule has 0 aromatic carbocycles. The second-order valence-corrected chi connectivity index (χ2v) is 2.51. The van der Waals surface area contributed by atoms with E-state index in [-0.39, 0.29) is 0 Å². The second-order valence-electron chi connectivity index (χ2n) is 2.51. The quantitative estimate of drug-likeness (QED) is 0.685. The van der Waals surface area contributed by atoms with Crippen molar-refractivity contribution >= 4 is 0 Å². The van der Waals surface area contributed by atoms with Crippen LogP contribution in [0.15, 0.2) is 0 Å². The van der Waals surface area contributed by atoms with E-state index in [1.807, 2.05) is 34.7 Å². The summed E-state index contributed by atoms with van der Waals surface area (Å²) in [5, 5.41) is 2.93. The molecule has 0 aliphatic rings. The van der Waals surface area contributed by atoms with Crippen molar-refractivity contribution in [3.05, 3.63) is 0 Å². The van der Waals surface area contributed by atoms with Gasteiger partial charge in [0.2, 0.25) is 0 Å². The predicted octanol–water partition coefficient (Wildman–Crippen LogP) is 4.33. The monoisotopic (exact) mass is 191 g/mol. The molecule has 1 heteroatoms. The molecule has 0 heterocycles. The van der Waals surface area contributed by atoms with Crippen LogP contribution in [-0.2, 0) is 0 Å². The summed E-state index contributed by atoms with van der Waals surface area (Å²) in [6.45, 7) is 17.8. The maximum atomic E-state index is 2.93. The van der Waals surface area contributed by atoms with Gasteiger partial charge in [0.25, 0.3) is 0 Å². The zero-order valence-corrected chi connectivity index (χ0v) is 11.5. The van der Waals surface area contributed by atoms with E-state index in [9.17, 15) is 0 Å². The minimum absolute atomic E-state index is 0.884. The van der Waals surface area contributed by atoms with Crippen molar-refractivity contribution in [1.29, 1.82) is 0 Å². The van der Waals surface area contributed by atoms with Gasteiger partial charge in [0, 0.05) is 0 Å². The molecule has 0 amide bonds. The fraction of sp³-hybridized carbons (Fsp3) is 1.00. The van der Waals surface area contributed by atoms with Crippen LogP contribution in [0.4, 0.5) is 0 Å². The lowest BCUT2D eigenvalue weighted by Crippen LogP contribution is -2.01. The van der Waals surface area contributed by atoms with Crippen molar-refractivity contribution < 1.29 is 0 Å². The normalized spacial score (nSPS) is 6.92. The average Bonchev–Trinajstić information content (AvgIpc) is 2.24. The predicted molar refractivity (Wildman–Crippen MR) is 67.4 cm³/mol. The first kappa shape index (κ1) is 23.1. The van der Waals surface area contributed by atoms with E-state index in [0.717, 1.165) is 12.5 Å². The van der Waals surface area contributed by atoms with Crippen LogP contribution in [0, 0.1) is 5.92 Å². The van der Waals surface area contributed by atoms with Crippen LogP contribution >= 0.6 is 0 Å². The summed E-state index contributed by atoms with van der Waals surface area (Å²) in [6.07, 6.45) is 1.31. The van der Waals surface area contributed by atoms with Crippen molar-refractivity contribution in [2.24, 2.45) is 5.92 Å². The lowest BCUT2D eigenvalue weighted by Gasteiger charge is -1.90. The fourth-order valence-electron chi connectivity index (χ4n) is 0. The van der Waals surface area contributed by atoms with Crippen molar-refractivity contribution in [3.63, 3.8) is 0 Å². The molecular formula is C12H33N. The molecule has 1 nitrogen and oxygen atoms in total. The van der Waals surface area contributed by atoms with Crippen LogP contribution in [0.1, 0.15) is 61.8 Å². The second kappa shape index (κ2) is 40.4. The van der Waals surface area contributed by atoms with Gasteiger partial charge in [-0.1, -0.05) is 61.8 Å². The molecule has 86 valence electrons. The highest BCUT2D eigenvalue weighted by Gasteiger charge is 1.80. The molecule has 0 rings (SSSR count). The minimum atomic E-state index is 0.884. The van der Waals surface area contributed by atoms with Crippen LogP contribution in [0.25, 0.3) is 0 Å². The van der Waals surface area contributed by atoms with E-state index in [1.165, 1.54) is 6.42 Å². The molecule has 0 atom stereocenters. The Bertz CT molecular complexity index is 32.1. The molecule has 0 radical (unpaired) electrons. The van der Waals surface area contributed by atoms with Gasteiger partial charge in [0.05, 0.1) is 0 Å². The Kier molecular flexibility index (Phi) is 71.8. The van der Waals surface area contributed by atoms with Gasteiger partial charge in [-0.3, -0.25) is 0 Å². The number of nitrogens with one attached hydrogen (secondary N) is 1. The Balaban J connectivity index is -0.0000000457. The van der Waals surface area contributed by atoms with E-state index in [4.69, 9.17) is 0 Å². The molecule has 13 heavy (non-hydrogen) atoms. The molecular weight excluding hydrogens is 158 g/mol. The summed E-state index contributed by atoms with van der Waals surface area (Å²) in [4.78, 5) is 0. The maximum Gasteiger partial charge on any atom is -0.00804 e. The molecule has 0 aliphatic carbocycles. The SMILES string of the molecule is CC.CC.CCC(C)C.CCNC. The first-order valence-corrected chi connectivity index (χ1v) is 5.83. The van der Waals surface area contributed by atoms with Crippen LogP contribution in [0.2, 0.25) is 0 Å². The van der Waals surface area contributed by atoms with E-state index in [0.29, 0.717) is 0 Å². The molecule has 0 saturated heterocycles. The molecule has 0 aliphatic heterocycles. The Labute approximate surface area is 87.3 Å². The van der Waals surface area contributed by atoms with Gasteiger partial charge in [-0.05, 0) is 19.5 Å². The molecule has 0 saturated carbocycles. The van der Waals surface area contributed by atoms with E-state index in [2.05, 4.69) is 33.0 Å².